The summed E-state index contributed by atoms with van der Waals surface area (Å²) in [5.74, 6) is 0. The van der Waals surface area contributed by atoms with E-state index < -0.39 is 70.4 Å². The van der Waals surface area contributed by atoms with E-state index in [1.807, 2.05) is 48.5 Å². The molecule has 0 radical (unpaired) electrons. The topological polar surface area (TPSA) is 111 Å². The minimum atomic E-state index is -3.55. The molecule has 0 spiro atoms. The van der Waals surface area contributed by atoms with Crippen molar-refractivity contribution in [3.8, 4) is 0 Å². The van der Waals surface area contributed by atoms with Crippen LogP contribution in [0.2, 0.25) is 48.4 Å². The lowest BCUT2D eigenvalue weighted by atomic mass is 10.6. The van der Waals surface area contributed by atoms with E-state index in [1.54, 1.807) is 0 Å². The van der Waals surface area contributed by atoms with Crippen molar-refractivity contribution in [3.63, 3.8) is 0 Å². The zero-order valence-electron chi connectivity index (χ0n) is 23.3. The van der Waals surface area contributed by atoms with Gasteiger partial charge in [0, 0.05) is 48.4 Å². The molecule has 20 heteroatoms. The fourth-order valence-corrected chi connectivity index (χ4v) is 55.0. The van der Waals surface area contributed by atoms with Crippen LogP contribution in [0, 0.1) is 0 Å². The standard InChI is InChI=1S/C17H42O12Si8/c1-9-17-37-27-34(14-6)21-31(11-3)18-30(10-2)19-32(12-4,23-34)25-36(16-8,29-37)26-33(13-5,20-30)24-35(15-7,22-31)28-37/h9-17H2,1-8H3. The Kier molecular flexibility index (Phi) is 7.97. The molecule has 8 bridgehead atoms. The number of hydrogen-bond donors (Lipinski definition) is 0. The van der Waals surface area contributed by atoms with Crippen LogP contribution in [-0.4, -0.2) is 70.4 Å². The molecule has 0 aromatic rings. The minimum Gasteiger partial charge on any atom is -0.373 e. The fourth-order valence-electron chi connectivity index (χ4n) is 5.32. The average Bonchev–Trinajstić information content (AvgIpc) is 2.83. The predicted molar refractivity (Wildman–Crippen MR) is 148 cm³/mol. The lowest BCUT2D eigenvalue weighted by molar-refractivity contribution is -0.0287. The van der Waals surface area contributed by atoms with E-state index in [2.05, 4.69) is 6.92 Å². The Labute approximate surface area is 229 Å². The summed E-state index contributed by atoms with van der Waals surface area (Å²) in [5, 5.41) is 0. The molecule has 6 heterocycles. The Bertz CT molecular complexity index is 765. The molecule has 0 atom stereocenters. The Hall–Kier alpha value is 1.26. The van der Waals surface area contributed by atoms with Gasteiger partial charge < -0.3 is 49.4 Å². The van der Waals surface area contributed by atoms with E-state index in [-0.39, 0.29) is 0 Å². The SMILES string of the molecule is CCC[Si]12O[Si]3(CC)O[Si]4(CC)O[Si]5(CC)O[Si](CC)(O3)O[Si](CC)(O[Si](CC)(O5)O[Si](CC)(O4)O1)O2. The second kappa shape index (κ2) is 9.92. The molecular weight excluding hydrogens is 621 g/mol. The van der Waals surface area contributed by atoms with Gasteiger partial charge in [0.2, 0.25) is 0 Å². The first-order chi connectivity index (χ1) is 17.5. The summed E-state index contributed by atoms with van der Waals surface area (Å²) >= 11 is 0. The molecule has 6 aliphatic heterocycles. The van der Waals surface area contributed by atoms with Crippen LogP contribution in [0.25, 0.3) is 0 Å². The van der Waals surface area contributed by atoms with Crippen molar-refractivity contribution in [1.29, 1.82) is 0 Å². The van der Waals surface area contributed by atoms with Crippen LogP contribution >= 0.6 is 0 Å². The van der Waals surface area contributed by atoms with Gasteiger partial charge in [0.05, 0.1) is 0 Å². The van der Waals surface area contributed by atoms with Gasteiger partial charge in [0.1, 0.15) is 0 Å². The predicted octanol–water partition coefficient (Wildman–Crippen LogP) is 4.31. The average molecular weight is 663 g/mol. The Morgan fingerprint density at radius 1 is 0.270 bits per heavy atom. The van der Waals surface area contributed by atoms with Gasteiger partial charge in [0.25, 0.3) is 0 Å². The molecule has 6 aliphatic rings. The molecule has 12 nitrogen and oxygen atoms in total. The molecule has 0 unspecified atom stereocenters. The second-order valence-corrected chi connectivity index (χ2v) is 36.1. The first kappa shape index (κ1) is 29.7. The summed E-state index contributed by atoms with van der Waals surface area (Å²) in [7, 11) is -28.3. The smallest absolute Gasteiger partial charge is 0.373 e. The maximum atomic E-state index is 7.10. The molecule has 0 aliphatic carbocycles. The van der Waals surface area contributed by atoms with E-state index in [1.165, 1.54) is 0 Å². The maximum Gasteiger partial charge on any atom is 0.478 e. The van der Waals surface area contributed by atoms with Crippen LogP contribution in [0.5, 0.6) is 0 Å². The van der Waals surface area contributed by atoms with Gasteiger partial charge in [-0.2, -0.15) is 0 Å². The number of hydrogen-bond acceptors (Lipinski definition) is 12. The van der Waals surface area contributed by atoms with Gasteiger partial charge in [-0.25, -0.2) is 0 Å². The van der Waals surface area contributed by atoms with Gasteiger partial charge in [-0.05, 0) is 0 Å². The Balaban J connectivity index is 1.86. The van der Waals surface area contributed by atoms with Crippen molar-refractivity contribution in [2.45, 2.75) is 110 Å². The van der Waals surface area contributed by atoms with Crippen LogP contribution < -0.4 is 0 Å². The van der Waals surface area contributed by atoms with Crippen LogP contribution in [0.4, 0.5) is 0 Å². The summed E-state index contributed by atoms with van der Waals surface area (Å²) < 4.78 is 84.7. The van der Waals surface area contributed by atoms with E-state index in [9.17, 15) is 0 Å². The summed E-state index contributed by atoms with van der Waals surface area (Å²) in [5.41, 5.74) is 0. The Morgan fingerprint density at radius 3 is 0.568 bits per heavy atom. The van der Waals surface area contributed by atoms with Gasteiger partial charge in [-0.15, -0.1) is 0 Å². The molecule has 0 saturated carbocycles. The summed E-state index contributed by atoms with van der Waals surface area (Å²) in [6.07, 6.45) is 0.765. The van der Waals surface area contributed by atoms with Crippen LogP contribution in [0.15, 0.2) is 0 Å². The molecule has 37 heavy (non-hydrogen) atoms. The molecule has 0 amide bonds. The van der Waals surface area contributed by atoms with E-state index in [0.29, 0.717) is 48.4 Å². The third-order valence-electron chi connectivity index (χ3n) is 7.32. The summed E-state index contributed by atoms with van der Waals surface area (Å²) in [6.45, 7) is 16.1. The van der Waals surface area contributed by atoms with E-state index in [4.69, 9.17) is 49.4 Å². The highest BCUT2D eigenvalue weighted by Gasteiger charge is 2.81. The van der Waals surface area contributed by atoms with E-state index in [0.717, 1.165) is 6.42 Å². The molecule has 6 fully saturated rings. The van der Waals surface area contributed by atoms with Gasteiger partial charge in [0.15, 0.2) is 0 Å². The normalized spacial score (nSPS) is 52.9. The second-order valence-electron chi connectivity index (χ2n) is 9.91. The van der Waals surface area contributed by atoms with Crippen molar-refractivity contribution in [1.82, 2.24) is 0 Å². The molecule has 6 rings (SSSR count). The molecular formula is C17H42O12Si8. The molecule has 0 N–H and O–H groups in total. The van der Waals surface area contributed by atoms with Crippen molar-refractivity contribution >= 4 is 70.4 Å². The molecule has 0 aromatic carbocycles. The first-order valence-corrected chi connectivity index (χ1v) is 29.3. The van der Waals surface area contributed by atoms with E-state index >= 15 is 0 Å². The van der Waals surface area contributed by atoms with Crippen LogP contribution in [-0.2, 0) is 49.4 Å². The van der Waals surface area contributed by atoms with Gasteiger partial charge in [-0.1, -0.05) is 61.8 Å². The molecule has 214 valence electrons. The highest BCUT2D eigenvalue weighted by Crippen LogP contribution is 2.53. The monoisotopic (exact) mass is 662 g/mol. The maximum absolute atomic E-state index is 7.10. The van der Waals surface area contributed by atoms with Crippen molar-refractivity contribution in [2.24, 2.45) is 0 Å². The third-order valence-corrected chi connectivity index (χ3v) is 44.4. The van der Waals surface area contributed by atoms with Crippen molar-refractivity contribution in [3.05, 3.63) is 0 Å². The van der Waals surface area contributed by atoms with Crippen molar-refractivity contribution in [2.75, 3.05) is 0 Å². The number of rotatable bonds is 9. The largest absolute Gasteiger partial charge is 0.478 e. The lowest BCUT2D eigenvalue weighted by Gasteiger charge is -2.63. The van der Waals surface area contributed by atoms with Crippen LogP contribution in [0.1, 0.15) is 61.8 Å². The highest BCUT2D eigenvalue weighted by atomic mass is 28.6. The van der Waals surface area contributed by atoms with Gasteiger partial charge >= 0.3 is 70.4 Å². The lowest BCUT2D eigenvalue weighted by Crippen LogP contribution is -2.88. The van der Waals surface area contributed by atoms with Crippen molar-refractivity contribution < 1.29 is 49.4 Å². The highest BCUT2D eigenvalue weighted by molar-refractivity contribution is 7.03. The minimum absolute atomic E-state index is 0.469. The zero-order chi connectivity index (χ0) is 26.8. The fraction of sp³-hybridized carbons (Fsp3) is 1.00. The Morgan fingerprint density at radius 2 is 0.432 bits per heavy atom. The first-order valence-electron chi connectivity index (χ1n) is 13.9. The summed E-state index contributed by atoms with van der Waals surface area (Å²) in [6, 6.07) is 3.83. The third kappa shape index (κ3) is 4.80. The summed E-state index contributed by atoms with van der Waals surface area (Å²) in [4.78, 5) is 0. The zero-order valence-corrected chi connectivity index (χ0v) is 31.3. The quantitative estimate of drug-likeness (QED) is 0.328. The van der Waals surface area contributed by atoms with Crippen LogP contribution in [0.3, 0.4) is 0 Å². The van der Waals surface area contributed by atoms with Gasteiger partial charge in [-0.3, -0.25) is 0 Å². The molecule has 0 aromatic heterocycles. The molecule has 6 saturated heterocycles.